The maximum absolute atomic E-state index is 12.8. The summed E-state index contributed by atoms with van der Waals surface area (Å²) in [5, 5.41) is 7.22. The molecule has 8 nitrogen and oxygen atoms in total. The Kier molecular flexibility index (Phi) is 4.88. The third kappa shape index (κ3) is 3.64. The van der Waals surface area contributed by atoms with Crippen LogP contribution in [0.15, 0.2) is 30.5 Å². The first-order chi connectivity index (χ1) is 13.3. The van der Waals surface area contributed by atoms with E-state index < -0.39 is 10.0 Å². The molecule has 0 aliphatic carbocycles. The van der Waals surface area contributed by atoms with Gasteiger partial charge in [0.2, 0.25) is 10.0 Å². The van der Waals surface area contributed by atoms with Crippen molar-refractivity contribution in [3.8, 4) is 0 Å². The molecule has 1 saturated heterocycles. The van der Waals surface area contributed by atoms with E-state index in [1.54, 1.807) is 35.1 Å². The van der Waals surface area contributed by atoms with Crippen LogP contribution in [0.1, 0.15) is 29.3 Å². The highest BCUT2D eigenvalue weighted by molar-refractivity contribution is 7.92. The fourth-order valence-corrected chi connectivity index (χ4v) is 5.26. The van der Waals surface area contributed by atoms with Crippen molar-refractivity contribution in [2.24, 2.45) is 5.92 Å². The molecule has 0 bridgehead atoms. The molecule has 2 atom stereocenters. The Bertz CT molecular complexity index is 995. The lowest BCUT2D eigenvalue weighted by molar-refractivity contribution is 0.102. The molecule has 0 saturated carbocycles. The van der Waals surface area contributed by atoms with Gasteiger partial charge in [-0.15, -0.1) is 0 Å². The summed E-state index contributed by atoms with van der Waals surface area (Å²) in [7, 11) is -3.35. The van der Waals surface area contributed by atoms with Gasteiger partial charge in [0.15, 0.2) is 0 Å². The van der Waals surface area contributed by atoms with E-state index in [0.29, 0.717) is 42.6 Å². The number of nitrogens with one attached hydrogen (secondary N) is 1. The number of nitrogens with zero attached hydrogens (tertiary/aromatic N) is 3. The predicted molar refractivity (Wildman–Crippen MR) is 106 cm³/mol. The first-order valence-corrected chi connectivity index (χ1v) is 11.2. The van der Waals surface area contributed by atoms with Gasteiger partial charge in [-0.05, 0) is 43.5 Å². The lowest BCUT2D eigenvalue weighted by atomic mass is 10.1. The highest BCUT2D eigenvalue weighted by atomic mass is 32.2. The third-order valence-electron chi connectivity index (χ3n) is 5.27. The minimum absolute atomic E-state index is 0.154. The Morgan fingerprint density at radius 1 is 1.36 bits per heavy atom. The van der Waals surface area contributed by atoms with Crippen LogP contribution in [0.25, 0.3) is 0 Å². The van der Waals surface area contributed by atoms with Gasteiger partial charge < -0.3 is 10.1 Å². The molecule has 0 spiro atoms. The Labute approximate surface area is 164 Å². The molecule has 1 fully saturated rings. The SMILES string of the molecule is C[C@H]1Cc2cc(C(=O)Nc3ccnn3C[C@@H]3CCOC3)ccc2N1S(C)(=O)=O. The number of fused-ring (bicyclic) bond motifs is 1. The van der Waals surface area contributed by atoms with Crippen LogP contribution in [0.3, 0.4) is 0 Å². The molecule has 4 rings (SSSR count). The van der Waals surface area contributed by atoms with Crippen LogP contribution in [-0.2, 0) is 27.7 Å². The minimum Gasteiger partial charge on any atom is -0.381 e. The van der Waals surface area contributed by atoms with Crippen molar-refractivity contribution in [2.75, 3.05) is 29.1 Å². The number of carbonyl (C=O) groups is 1. The van der Waals surface area contributed by atoms with Crippen LogP contribution in [0.4, 0.5) is 11.5 Å². The second-order valence-corrected chi connectivity index (χ2v) is 9.40. The predicted octanol–water partition coefficient (Wildman–Crippen LogP) is 1.88. The summed E-state index contributed by atoms with van der Waals surface area (Å²) in [6, 6.07) is 6.77. The topological polar surface area (TPSA) is 93.5 Å². The van der Waals surface area contributed by atoms with Crippen LogP contribution in [0.2, 0.25) is 0 Å². The number of anilines is 2. The van der Waals surface area contributed by atoms with Gasteiger partial charge in [0.1, 0.15) is 5.82 Å². The molecule has 1 aromatic carbocycles. The largest absolute Gasteiger partial charge is 0.381 e. The summed E-state index contributed by atoms with van der Waals surface area (Å²) in [6.07, 6.45) is 4.45. The van der Waals surface area contributed by atoms with Crippen LogP contribution in [0.5, 0.6) is 0 Å². The Balaban J connectivity index is 1.51. The van der Waals surface area contributed by atoms with E-state index in [4.69, 9.17) is 4.74 Å². The number of ether oxygens (including phenoxy) is 1. The van der Waals surface area contributed by atoms with Gasteiger partial charge in [-0.25, -0.2) is 13.1 Å². The normalized spacial score (nSPS) is 21.7. The van der Waals surface area contributed by atoms with E-state index in [-0.39, 0.29) is 11.9 Å². The fraction of sp³-hybridized carbons (Fsp3) is 0.474. The Hall–Kier alpha value is -2.39. The Morgan fingerprint density at radius 2 is 2.18 bits per heavy atom. The first-order valence-electron chi connectivity index (χ1n) is 9.36. The number of rotatable bonds is 5. The van der Waals surface area contributed by atoms with E-state index >= 15 is 0 Å². The summed E-state index contributed by atoms with van der Waals surface area (Å²) < 4.78 is 32.7. The van der Waals surface area contributed by atoms with Gasteiger partial charge in [-0.1, -0.05) is 0 Å². The highest BCUT2D eigenvalue weighted by Crippen LogP contribution is 2.34. The van der Waals surface area contributed by atoms with E-state index in [1.165, 1.54) is 10.6 Å². The van der Waals surface area contributed by atoms with E-state index in [0.717, 1.165) is 18.6 Å². The molecule has 2 aromatic rings. The van der Waals surface area contributed by atoms with Gasteiger partial charge in [0, 0.05) is 36.7 Å². The Morgan fingerprint density at radius 3 is 2.89 bits per heavy atom. The van der Waals surface area contributed by atoms with Gasteiger partial charge in [-0.3, -0.25) is 9.10 Å². The van der Waals surface area contributed by atoms with Crippen molar-refractivity contribution in [3.05, 3.63) is 41.6 Å². The number of carbonyl (C=O) groups excluding carboxylic acids is 1. The van der Waals surface area contributed by atoms with Gasteiger partial charge in [0.25, 0.3) is 5.91 Å². The zero-order valence-electron chi connectivity index (χ0n) is 16.0. The van der Waals surface area contributed by atoms with Gasteiger partial charge >= 0.3 is 0 Å². The van der Waals surface area contributed by atoms with Gasteiger partial charge in [0.05, 0.1) is 24.7 Å². The molecule has 0 unspecified atom stereocenters. The quantitative estimate of drug-likeness (QED) is 0.821. The maximum Gasteiger partial charge on any atom is 0.256 e. The van der Waals surface area contributed by atoms with Crippen LogP contribution in [-0.4, -0.2) is 49.6 Å². The molecule has 150 valence electrons. The lowest BCUT2D eigenvalue weighted by Gasteiger charge is -2.21. The van der Waals surface area contributed by atoms with Crippen molar-refractivity contribution >= 4 is 27.4 Å². The summed E-state index contributed by atoms with van der Waals surface area (Å²) in [5.74, 6) is 0.806. The molecule has 3 heterocycles. The van der Waals surface area contributed by atoms with E-state index in [2.05, 4.69) is 10.4 Å². The summed E-state index contributed by atoms with van der Waals surface area (Å²) in [6.45, 7) is 4.05. The number of amides is 1. The lowest BCUT2D eigenvalue weighted by Crippen LogP contribution is -2.34. The number of hydrogen-bond acceptors (Lipinski definition) is 5. The molecule has 0 radical (unpaired) electrons. The second kappa shape index (κ2) is 7.21. The van der Waals surface area contributed by atoms with Gasteiger partial charge in [-0.2, -0.15) is 5.10 Å². The van der Waals surface area contributed by atoms with Crippen LogP contribution in [0, 0.1) is 5.92 Å². The van der Waals surface area contributed by atoms with Crippen molar-refractivity contribution in [1.82, 2.24) is 9.78 Å². The average molecular weight is 404 g/mol. The smallest absolute Gasteiger partial charge is 0.256 e. The molecule has 2 aliphatic heterocycles. The zero-order valence-corrected chi connectivity index (χ0v) is 16.8. The first kappa shape index (κ1) is 18.9. The third-order valence-corrected chi connectivity index (χ3v) is 6.54. The molecular formula is C19H24N4O4S. The molecule has 1 N–H and O–H groups in total. The average Bonchev–Trinajstić information content (AvgIpc) is 3.34. The molecular weight excluding hydrogens is 380 g/mol. The zero-order chi connectivity index (χ0) is 19.9. The van der Waals surface area contributed by atoms with Crippen molar-refractivity contribution < 1.29 is 17.9 Å². The van der Waals surface area contributed by atoms with Crippen molar-refractivity contribution in [2.45, 2.75) is 32.4 Å². The molecule has 1 aromatic heterocycles. The summed E-state index contributed by atoms with van der Waals surface area (Å²) >= 11 is 0. The molecule has 2 aliphatic rings. The van der Waals surface area contributed by atoms with Crippen molar-refractivity contribution in [3.63, 3.8) is 0 Å². The van der Waals surface area contributed by atoms with Crippen LogP contribution < -0.4 is 9.62 Å². The van der Waals surface area contributed by atoms with E-state index in [9.17, 15) is 13.2 Å². The maximum atomic E-state index is 12.8. The number of benzene rings is 1. The second-order valence-electron chi connectivity index (χ2n) is 7.54. The van der Waals surface area contributed by atoms with Crippen LogP contribution >= 0.6 is 0 Å². The summed E-state index contributed by atoms with van der Waals surface area (Å²) in [4.78, 5) is 12.8. The molecule has 1 amide bonds. The monoisotopic (exact) mass is 404 g/mol. The van der Waals surface area contributed by atoms with Crippen molar-refractivity contribution in [1.29, 1.82) is 0 Å². The minimum atomic E-state index is -3.35. The highest BCUT2D eigenvalue weighted by Gasteiger charge is 2.32. The molecule has 9 heteroatoms. The standard InChI is InChI=1S/C19H24N4O4S/c1-13-9-16-10-15(3-4-17(16)23(13)28(2,25)26)19(24)21-18-5-7-20-22(18)11-14-6-8-27-12-14/h3-5,7,10,13-14H,6,8-9,11-12H2,1-2H3,(H,21,24)/t13-,14-/m0/s1. The molecule has 28 heavy (non-hydrogen) atoms. The number of aromatic nitrogens is 2. The number of hydrogen-bond donors (Lipinski definition) is 1. The van der Waals surface area contributed by atoms with E-state index in [1.807, 2.05) is 6.92 Å². The summed E-state index contributed by atoms with van der Waals surface area (Å²) in [5.41, 5.74) is 2.01. The number of sulfonamides is 1. The fourth-order valence-electron chi connectivity index (χ4n) is 3.99.